The van der Waals surface area contributed by atoms with Crippen LogP contribution in [0, 0.1) is 0 Å². The second-order valence-electron chi connectivity index (χ2n) is 3.55. The Balaban J connectivity index is 2.45. The quantitative estimate of drug-likeness (QED) is 0.621. The third kappa shape index (κ3) is 2.54. The Hall–Kier alpha value is -0.460. The van der Waals surface area contributed by atoms with Gasteiger partial charge in [-0.15, -0.1) is 0 Å². The molecule has 0 saturated carbocycles. The highest BCUT2D eigenvalue weighted by atomic mass is 15.1. The predicted molar refractivity (Wildman–Crippen MR) is 54.1 cm³/mol. The minimum absolute atomic E-state index is 1.19. The van der Waals surface area contributed by atoms with Gasteiger partial charge in [0.1, 0.15) is 0 Å². The molecule has 0 amide bonds. The molecule has 12 heavy (non-hydrogen) atoms. The molecule has 1 aliphatic rings. The maximum absolute atomic E-state index is 2.56. The minimum Gasteiger partial charge on any atom is -0.375 e. The van der Waals surface area contributed by atoms with Crippen molar-refractivity contribution in [3.05, 3.63) is 11.8 Å². The van der Waals surface area contributed by atoms with Crippen molar-refractivity contribution in [2.75, 3.05) is 13.1 Å². The van der Waals surface area contributed by atoms with Crippen LogP contribution in [0.2, 0.25) is 0 Å². The number of hydrogen-bond acceptors (Lipinski definition) is 1. The van der Waals surface area contributed by atoms with Crippen molar-refractivity contribution in [3.63, 3.8) is 0 Å². The molecular weight excluding hydrogens is 146 g/mol. The van der Waals surface area contributed by atoms with Crippen LogP contribution in [0.1, 0.15) is 46.0 Å². The van der Waals surface area contributed by atoms with Crippen molar-refractivity contribution in [1.82, 2.24) is 4.90 Å². The summed E-state index contributed by atoms with van der Waals surface area (Å²) in [5.41, 5.74) is 1.59. The molecule has 0 unspecified atom stereocenters. The predicted octanol–water partition coefficient (Wildman–Crippen LogP) is 3.18. The molecular formula is C11H21N. The van der Waals surface area contributed by atoms with E-state index in [9.17, 15) is 0 Å². The molecule has 0 aromatic heterocycles. The first-order chi connectivity index (χ1) is 5.88. The molecule has 70 valence electrons. The Morgan fingerprint density at radius 3 is 2.42 bits per heavy atom. The van der Waals surface area contributed by atoms with E-state index in [0.29, 0.717) is 0 Å². The topological polar surface area (TPSA) is 3.24 Å². The van der Waals surface area contributed by atoms with E-state index in [2.05, 4.69) is 24.8 Å². The fourth-order valence-corrected chi connectivity index (χ4v) is 1.89. The lowest BCUT2D eigenvalue weighted by molar-refractivity contribution is 0.405. The average molecular weight is 167 g/mol. The fourth-order valence-electron chi connectivity index (χ4n) is 1.89. The van der Waals surface area contributed by atoms with Crippen LogP contribution in [0.5, 0.6) is 0 Å². The molecule has 1 nitrogen and oxygen atoms in total. The highest BCUT2D eigenvalue weighted by Gasteiger charge is 2.12. The summed E-state index contributed by atoms with van der Waals surface area (Å²) in [5, 5.41) is 0. The van der Waals surface area contributed by atoms with E-state index in [1.165, 1.54) is 45.2 Å². The molecule has 1 heteroatoms. The number of likely N-dealkylation sites (tertiary alicyclic amines) is 1. The fraction of sp³-hybridized carbons (Fsp3) is 0.818. The molecule has 0 bridgehead atoms. The molecule has 0 spiro atoms. The summed E-state index contributed by atoms with van der Waals surface area (Å²) in [6, 6.07) is 0. The van der Waals surface area contributed by atoms with Crippen molar-refractivity contribution < 1.29 is 0 Å². The number of hydrogen-bond donors (Lipinski definition) is 0. The largest absolute Gasteiger partial charge is 0.375 e. The van der Waals surface area contributed by atoms with Crippen molar-refractivity contribution in [1.29, 1.82) is 0 Å². The van der Waals surface area contributed by atoms with Crippen LogP contribution in [0.3, 0.4) is 0 Å². The second kappa shape index (κ2) is 5.23. The first-order valence-electron chi connectivity index (χ1n) is 5.32. The molecule has 1 aliphatic heterocycles. The maximum atomic E-state index is 2.56. The summed E-state index contributed by atoms with van der Waals surface area (Å²) in [4.78, 5) is 2.56. The number of nitrogens with zero attached hydrogens (tertiary/aromatic N) is 1. The Morgan fingerprint density at radius 2 is 1.92 bits per heavy atom. The molecule has 1 heterocycles. The molecule has 0 N–H and O–H groups in total. The van der Waals surface area contributed by atoms with Crippen molar-refractivity contribution in [2.45, 2.75) is 46.0 Å². The third-order valence-corrected chi connectivity index (χ3v) is 2.46. The highest BCUT2D eigenvalue weighted by molar-refractivity contribution is 5.02. The van der Waals surface area contributed by atoms with Gasteiger partial charge >= 0.3 is 0 Å². The van der Waals surface area contributed by atoms with Gasteiger partial charge in [0.2, 0.25) is 0 Å². The Kier molecular flexibility index (Phi) is 4.20. The van der Waals surface area contributed by atoms with Gasteiger partial charge < -0.3 is 4.90 Å². The van der Waals surface area contributed by atoms with Gasteiger partial charge in [-0.3, -0.25) is 0 Å². The molecule has 0 aromatic carbocycles. The number of rotatable bonds is 4. The Labute approximate surface area is 76.5 Å². The first kappa shape index (κ1) is 9.63. The van der Waals surface area contributed by atoms with Gasteiger partial charge in [-0.25, -0.2) is 0 Å². The van der Waals surface area contributed by atoms with Crippen LogP contribution in [0.15, 0.2) is 11.8 Å². The smallest absolute Gasteiger partial charge is 0.0175 e. The van der Waals surface area contributed by atoms with Crippen molar-refractivity contribution in [3.8, 4) is 0 Å². The first-order valence-corrected chi connectivity index (χ1v) is 5.32. The van der Waals surface area contributed by atoms with E-state index in [4.69, 9.17) is 0 Å². The van der Waals surface area contributed by atoms with E-state index in [0.717, 1.165) is 0 Å². The summed E-state index contributed by atoms with van der Waals surface area (Å²) in [5.74, 6) is 0. The van der Waals surface area contributed by atoms with Gasteiger partial charge in [0.15, 0.2) is 0 Å². The summed E-state index contributed by atoms with van der Waals surface area (Å²) in [7, 11) is 0. The van der Waals surface area contributed by atoms with Crippen LogP contribution >= 0.6 is 0 Å². The molecule has 0 radical (unpaired) electrons. The van der Waals surface area contributed by atoms with Crippen molar-refractivity contribution in [2.24, 2.45) is 0 Å². The molecule has 1 rings (SSSR count). The third-order valence-electron chi connectivity index (χ3n) is 2.46. The van der Waals surface area contributed by atoms with Gasteiger partial charge in [0.25, 0.3) is 0 Å². The van der Waals surface area contributed by atoms with E-state index in [-0.39, 0.29) is 0 Å². The zero-order valence-corrected chi connectivity index (χ0v) is 8.47. The molecule has 0 atom stereocenters. The standard InChI is InChI=1S/C11H21N/c1-3-7-11(8-4-2)12-9-5-6-10-12/h7H,3-6,8-10H2,1-2H3. The lowest BCUT2D eigenvalue weighted by atomic mass is 10.2. The monoisotopic (exact) mass is 167 g/mol. The average Bonchev–Trinajstić information content (AvgIpc) is 2.56. The van der Waals surface area contributed by atoms with E-state index in [1.54, 1.807) is 5.70 Å². The van der Waals surface area contributed by atoms with Crippen molar-refractivity contribution >= 4 is 0 Å². The zero-order chi connectivity index (χ0) is 8.81. The second-order valence-corrected chi connectivity index (χ2v) is 3.55. The van der Waals surface area contributed by atoms with Gasteiger partial charge in [-0.2, -0.15) is 0 Å². The molecule has 0 aromatic rings. The molecule has 0 aliphatic carbocycles. The van der Waals surface area contributed by atoms with Crippen LogP contribution in [0.25, 0.3) is 0 Å². The van der Waals surface area contributed by atoms with Crippen LogP contribution in [-0.2, 0) is 0 Å². The van der Waals surface area contributed by atoms with Crippen LogP contribution in [-0.4, -0.2) is 18.0 Å². The Bertz CT molecular complexity index is 143. The SMILES string of the molecule is CCC=C(CCC)N1CCCC1. The van der Waals surface area contributed by atoms with Crippen LogP contribution < -0.4 is 0 Å². The summed E-state index contributed by atoms with van der Waals surface area (Å²) in [6.45, 7) is 7.09. The van der Waals surface area contributed by atoms with E-state index in [1.807, 2.05) is 0 Å². The normalized spacial score (nSPS) is 18.8. The lowest BCUT2D eigenvalue weighted by Gasteiger charge is -2.21. The Morgan fingerprint density at radius 1 is 1.25 bits per heavy atom. The summed E-state index contributed by atoms with van der Waals surface area (Å²) in [6.07, 6.45) is 8.92. The molecule has 1 saturated heterocycles. The van der Waals surface area contributed by atoms with Gasteiger partial charge in [-0.05, 0) is 25.7 Å². The zero-order valence-electron chi connectivity index (χ0n) is 8.47. The maximum Gasteiger partial charge on any atom is 0.0175 e. The number of allylic oxidation sites excluding steroid dienone is 2. The summed E-state index contributed by atoms with van der Waals surface area (Å²) >= 11 is 0. The van der Waals surface area contributed by atoms with E-state index < -0.39 is 0 Å². The van der Waals surface area contributed by atoms with Gasteiger partial charge in [0, 0.05) is 18.8 Å². The van der Waals surface area contributed by atoms with Crippen LogP contribution in [0.4, 0.5) is 0 Å². The molecule has 1 fully saturated rings. The minimum atomic E-state index is 1.19. The summed E-state index contributed by atoms with van der Waals surface area (Å²) < 4.78 is 0. The van der Waals surface area contributed by atoms with Gasteiger partial charge in [0.05, 0.1) is 0 Å². The van der Waals surface area contributed by atoms with Gasteiger partial charge in [-0.1, -0.05) is 26.3 Å². The van der Waals surface area contributed by atoms with E-state index >= 15 is 0 Å². The lowest BCUT2D eigenvalue weighted by Crippen LogP contribution is -2.18. The highest BCUT2D eigenvalue weighted by Crippen LogP contribution is 2.18.